The van der Waals surface area contributed by atoms with Crippen molar-refractivity contribution in [1.82, 2.24) is 0 Å². The average molecular weight is 461 g/mol. The SMILES string of the molecule is CCCC=CC1COC(C2CCC(C3CCC(CCc4ccc(F)c(F)c4)CC3)CC2)OC1. The Labute approximate surface area is 199 Å². The lowest BCUT2D eigenvalue weighted by molar-refractivity contribution is -0.223. The second-order valence-corrected chi connectivity index (χ2v) is 10.8. The Kier molecular flexibility index (Phi) is 9.37. The van der Waals surface area contributed by atoms with Crippen LogP contribution in [0.3, 0.4) is 0 Å². The first kappa shape index (κ1) is 24.9. The van der Waals surface area contributed by atoms with Crippen LogP contribution in [0.25, 0.3) is 0 Å². The molecular weight excluding hydrogens is 418 g/mol. The highest BCUT2D eigenvalue weighted by Crippen LogP contribution is 2.43. The summed E-state index contributed by atoms with van der Waals surface area (Å²) in [5, 5.41) is 0. The molecule has 0 aromatic heterocycles. The molecule has 1 aliphatic heterocycles. The molecule has 4 heteroatoms. The molecule has 33 heavy (non-hydrogen) atoms. The molecule has 4 rings (SSSR count). The van der Waals surface area contributed by atoms with Crippen molar-refractivity contribution in [2.24, 2.45) is 29.6 Å². The van der Waals surface area contributed by atoms with E-state index in [4.69, 9.17) is 9.47 Å². The predicted molar refractivity (Wildman–Crippen MR) is 129 cm³/mol. The van der Waals surface area contributed by atoms with Gasteiger partial charge in [0, 0.05) is 11.8 Å². The number of allylic oxidation sites excluding steroid dienone is 1. The number of halogens is 2. The third-order valence-corrected chi connectivity index (χ3v) is 8.40. The van der Waals surface area contributed by atoms with E-state index < -0.39 is 11.6 Å². The minimum atomic E-state index is -0.751. The van der Waals surface area contributed by atoms with Gasteiger partial charge in [0.15, 0.2) is 17.9 Å². The van der Waals surface area contributed by atoms with Gasteiger partial charge < -0.3 is 9.47 Å². The molecule has 1 aromatic carbocycles. The zero-order valence-electron chi connectivity index (χ0n) is 20.3. The van der Waals surface area contributed by atoms with Crippen LogP contribution >= 0.6 is 0 Å². The van der Waals surface area contributed by atoms with E-state index in [-0.39, 0.29) is 6.29 Å². The first-order chi connectivity index (χ1) is 16.1. The highest BCUT2D eigenvalue weighted by atomic mass is 19.2. The van der Waals surface area contributed by atoms with Gasteiger partial charge >= 0.3 is 0 Å². The molecule has 3 aliphatic rings. The number of benzene rings is 1. The molecule has 2 aliphatic carbocycles. The van der Waals surface area contributed by atoms with E-state index in [1.807, 2.05) is 0 Å². The van der Waals surface area contributed by atoms with Crippen LogP contribution < -0.4 is 0 Å². The minimum absolute atomic E-state index is 0.00816. The van der Waals surface area contributed by atoms with Gasteiger partial charge in [-0.15, -0.1) is 0 Å². The fraction of sp³-hybridized carbons (Fsp3) is 0.724. The first-order valence-electron chi connectivity index (χ1n) is 13.5. The molecule has 3 fully saturated rings. The highest BCUT2D eigenvalue weighted by Gasteiger charge is 2.35. The van der Waals surface area contributed by atoms with Crippen molar-refractivity contribution in [3.8, 4) is 0 Å². The van der Waals surface area contributed by atoms with E-state index in [1.165, 1.54) is 69.9 Å². The maximum Gasteiger partial charge on any atom is 0.160 e. The Bertz CT molecular complexity index is 740. The van der Waals surface area contributed by atoms with Gasteiger partial charge in [-0.2, -0.15) is 0 Å². The lowest BCUT2D eigenvalue weighted by atomic mass is 9.68. The summed E-state index contributed by atoms with van der Waals surface area (Å²) in [6.45, 7) is 3.81. The molecule has 1 aromatic rings. The van der Waals surface area contributed by atoms with Crippen LogP contribution in [0.2, 0.25) is 0 Å². The fourth-order valence-corrected chi connectivity index (χ4v) is 6.27. The van der Waals surface area contributed by atoms with Crippen LogP contribution in [-0.4, -0.2) is 19.5 Å². The Balaban J connectivity index is 1.12. The van der Waals surface area contributed by atoms with Gasteiger partial charge in [-0.3, -0.25) is 0 Å². The summed E-state index contributed by atoms with van der Waals surface area (Å²) >= 11 is 0. The number of rotatable bonds is 8. The quantitative estimate of drug-likeness (QED) is 0.368. The molecule has 1 heterocycles. The topological polar surface area (TPSA) is 18.5 Å². The summed E-state index contributed by atoms with van der Waals surface area (Å²) in [5.41, 5.74) is 0.921. The van der Waals surface area contributed by atoms with E-state index >= 15 is 0 Å². The maximum atomic E-state index is 13.4. The van der Waals surface area contributed by atoms with Crippen LogP contribution in [0.5, 0.6) is 0 Å². The van der Waals surface area contributed by atoms with E-state index in [0.717, 1.165) is 55.8 Å². The summed E-state index contributed by atoms with van der Waals surface area (Å²) in [7, 11) is 0. The van der Waals surface area contributed by atoms with Gasteiger partial charge in [0.2, 0.25) is 0 Å². The fourth-order valence-electron chi connectivity index (χ4n) is 6.27. The minimum Gasteiger partial charge on any atom is -0.352 e. The van der Waals surface area contributed by atoms with E-state index in [2.05, 4.69) is 19.1 Å². The second-order valence-electron chi connectivity index (χ2n) is 10.8. The van der Waals surface area contributed by atoms with Crippen LogP contribution in [0.4, 0.5) is 8.78 Å². The van der Waals surface area contributed by atoms with Gasteiger partial charge in [-0.05, 0) is 93.2 Å². The largest absolute Gasteiger partial charge is 0.352 e. The summed E-state index contributed by atoms with van der Waals surface area (Å²) in [5.74, 6) is 1.97. The third kappa shape index (κ3) is 7.11. The normalized spacial score (nSPS) is 33.4. The van der Waals surface area contributed by atoms with Gasteiger partial charge in [0.1, 0.15) is 0 Å². The molecule has 0 N–H and O–H groups in total. The molecular formula is C29H42F2O2. The van der Waals surface area contributed by atoms with Crippen molar-refractivity contribution in [2.45, 2.75) is 90.3 Å². The van der Waals surface area contributed by atoms with Crippen molar-refractivity contribution < 1.29 is 18.3 Å². The van der Waals surface area contributed by atoms with Crippen molar-refractivity contribution in [3.63, 3.8) is 0 Å². The predicted octanol–water partition coefficient (Wildman–Crippen LogP) is 7.86. The van der Waals surface area contributed by atoms with E-state index in [9.17, 15) is 8.78 Å². The number of hydrogen-bond acceptors (Lipinski definition) is 2. The average Bonchev–Trinajstić information content (AvgIpc) is 2.86. The molecule has 0 radical (unpaired) electrons. The van der Waals surface area contributed by atoms with Crippen molar-refractivity contribution >= 4 is 0 Å². The van der Waals surface area contributed by atoms with Crippen LogP contribution in [0, 0.1) is 41.2 Å². The molecule has 0 bridgehead atoms. The number of ether oxygens (including phenoxy) is 2. The smallest absolute Gasteiger partial charge is 0.160 e. The highest BCUT2D eigenvalue weighted by molar-refractivity contribution is 5.17. The summed E-state index contributed by atoms with van der Waals surface area (Å²) in [6.07, 6.45) is 19.2. The molecule has 0 unspecified atom stereocenters. The van der Waals surface area contributed by atoms with E-state index in [0.29, 0.717) is 11.8 Å². The first-order valence-corrected chi connectivity index (χ1v) is 13.5. The Hall–Kier alpha value is -1.26. The maximum absolute atomic E-state index is 13.4. The number of aryl methyl sites for hydroxylation is 1. The van der Waals surface area contributed by atoms with Crippen LogP contribution in [0.1, 0.15) is 83.1 Å². The summed E-state index contributed by atoms with van der Waals surface area (Å²) in [4.78, 5) is 0. The van der Waals surface area contributed by atoms with Gasteiger partial charge in [-0.25, -0.2) is 8.78 Å². The molecule has 2 saturated carbocycles. The number of unbranched alkanes of at least 4 members (excludes halogenated alkanes) is 1. The molecule has 1 saturated heterocycles. The zero-order chi connectivity index (χ0) is 23.0. The van der Waals surface area contributed by atoms with Gasteiger partial charge in [0.05, 0.1) is 13.2 Å². The van der Waals surface area contributed by atoms with Crippen molar-refractivity contribution in [3.05, 3.63) is 47.5 Å². The molecule has 0 amide bonds. The number of hydrogen-bond donors (Lipinski definition) is 0. The Morgan fingerprint density at radius 2 is 1.48 bits per heavy atom. The zero-order valence-corrected chi connectivity index (χ0v) is 20.3. The van der Waals surface area contributed by atoms with Crippen LogP contribution in [-0.2, 0) is 15.9 Å². The second kappa shape index (κ2) is 12.4. The lowest BCUT2D eigenvalue weighted by Gasteiger charge is -2.40. The lowest BCUT2D eigenvalue weighted by Crippen LogP contribution is -2.38. The molecule has 2 nitrogen and oxygen atoms in total. The monoisotopic (exact) mass is 460 g/mol. The molecule has 0 atom stereocenters. The Morgan fingerprint density at radius 1 is 0.848 bits per heavy atom. The standard InChI is InChI=1S/C29H42F2O2/c1-2-3-4-5-23-19-32-29(33-20-23)26-15-13-25(14-16-26)24-11-8-21(9-12-24)6-7-22-10-17-27(30)28(31)18-22/h4-5,10,17-18,21,23-26,29H,2-3,6-9,11-16,19-20H2,1H3. The third-order valence-electron chi connectivity index (χ3n) is 8.40. The van der Waals surface area contributed by atoms with E-state index in [1.54, 1.807) is 6.07 Å². The van der Waals surface area contributed by atoms with Gasteiger partial charge in [0.25, 0.3) is 0 Å². The van der Waals surface area contributed by atoms with Crippen LogP contribution in [0.15, 0.2) is 30.4 Å². The van der Waals surface area contributed by atoms with Crippen molar-refractivity contribution in [2.75, 3.05) is 13.2 Å². The molecule has 184 valence electrons. The summed E-state index contributed by atoms with van der Waals surface area (Å²) < 4.78 is 38.8. The molecule has 0 spiro atoms. The van der Waals surface area contributed by atoms with Crippen molar-refractivity contribution in [1.29, 1.82) is 0 Å². The Morgan fingerprint density at radius 3 is 2.12 bits per heavy atom. The van der Waals surface area contributed by atoms with Gasteiger partial charge in [-0.1, -0.05) is 44.4 Å². The summed E-state index contributed by atoms with van der Waals surface area (Å²) in [6, 6.07) is 4.35.